The molecule has 1 amide bonds. The second kappa shape index (κ2) is 10.4. The van der Waals surface area contributed by atoms with Gasteiger partial charge in [0.15, 0.2) is 11.5 Å². The third kappa shape index (κ3) is 4.15. The minimum Gasteiger partial charge on any atom is -0.504 e. The molecule has 6 atom stereocenters. The Morgan fingerprint density at radius 2 is 1.84 bits per heavy atom. The van der Waals surface area contributed by atoms with E-state index < -0.39 is 23.2 Å². The van der Waals surface area contributed by atoms with Crippen molar-refractivity contribution < 1.29 is 24.9 Å². The van der Waals surface area contributed by atoms with Crippen LogP contribution in [0.4, 0.5) is 0 Å². The largest absolute Gasteiger partial charge is 0.504 e. The van der Waals surface area contributed by atoms with Gasteiger partial charge in [-0.2, -0.15) is 0 Å². The van der Waals surface area contributed by atoms with E-state index in [0.29, 0.717) is 44.4 Å². The van der Waals surface area contributed by atoms with E-state index in [1.165, 1.54) is 16.7 Å². The fraction of sp³-hybridized carbons (Fsp3) is 0.472. The number of likely N-dealkylation sites (tertiary alicyclic amines) is 1. The zero-order valence-corrected chi connectivity index (χ0v) is 25.3. The van der Waals surface area contributed by atoms with Crippen molar-refractivity contribution in [2.24, 2.45) is 0 Å². The number of hydrogen-bond donors (Lipinski definition) is 3. The first kappa shape index (κ1) is 28.4. The van der Waals surface area contributed by atoms with Crippen LogP contribution in [-0.4, -0.2) is 81.1 Å². The summed E-state index contributed by atoms with van der Waals surface area (Å²) in [6.45, 7) is 5.29. The van der Waals surface area contributed by atoms with Crippen LogP contribution in [0.2, 0.25) is 0 Å². The van der Waals surface area contributed by atoms with Gasteiger partial charge in [-0.1, -0.05) is 54.6 Å². The van der Waals surface area contributed by atoms with Gasteiger partial charge in [0.2, 0.25) is 5.91 Å². The lowest BCUT2D eigenvalue weighted by molar-refractivity contribution is -0.236. The summed E-state index contributed by atoms with van der Waals surface area (Å²) in [6, 6.07) is 19.7. The molecule has 3 aromatic rings. The fourth-order valence-corrected chi connectivity index (χ4v) is 8.81. The summed E-state index contributed by atoms with van der Waals surface area (Å²) >= 11 is 0. The van der Waals surface area contributed by atoms with Crippen molar-refractivity contribution in [3.05, 3.63) is 94.0 Å². The molecule has 7 nitrogen and oxygen atoms in total. The molecule has 3 unspecified atom stereocenters. The van der Waals surface area contributed by atoms with Crippen molar-refractivity contribution in [1.82, 2.24) is 9.80 Å². The van der Waals surface area contributed by atoms with Crippen molar-refractivity contribution in [2.45, 2.75) is 87.7 Å². The molecule has 2 fully saturated rings. The number of piperidine rings is 1. The molecular formula is C36H42N2O5. The number of ether oxygens (including phenoxy) is 1. The monoisotopic (exact) mass is 582 g/mol. The van der Waals surface area contributed by atoms with E-state index in [4.69, 9.17) is 4.74 Å². The topological polar surface area (TPSA) is 93.5 Å². The maximum Gasteiger partial charge on any atom is 0.223 e. The number of amides is 1. The first-order valence-corrected chi connectivity index (χ1v) is 15.7. The van der Waals surface area contributed by atoms with Gasteiger partial charge in [-0.05, 0) is 79.8 Å². The van der Waals surface area contributed by atoms with Gasteiger partial charge < -0.3 is 25.0 Å². The van der Waals surface area contributed by atoms with Gasteiger partial charge in [-0.15, -0.1) is 0 Å². The maximum absolute atomic E-state index is 13.7. The molecule has 43 heavy (non-hydrogen) atoms. The molecule has 7 heteroatoms. The molecule has 2 heterocycles. The Balaban J connectivity index is 1.20. The van der Waals surface area contributed by atoms with Gasteiger partial charge in [0, 0.05) is 38.2 Å². The molecule has 1 saturated heterocycles. The van der Waals surface area contributed by atoms with Gasteiger partial charge in [0.1, 0.15) is 6.10 Å². The van der Waals surface area contributed by atoms with E-state index >= 15 is 0 Å². The summed E-state index contributed by atoms with van der Waals surface area (Å²) in [4.78, 5) is 17.7. The van der Waals surface area contributed by atoms with Crippen molar-refractivity contribution in [3.63, 3.8) is 0 Å². The Morgan fingerprint density at radius 1 is 1.05 bits per heavy atom. The zero-order valence-electron chi connectivity index (χ0n) is 25.3. The van der Waals surface area contributed by atoms with Gasteiger partial charge in [-0.25, -0.2) is 0 Å². The lowest BCUT2D eigenvalue weighted by Crippen LogP contribution is -2.82. The lowest BCUT2D eigenvalue weighted by Gasteiger charge is -2.66. The van der Waals surface area contributed by atoms with Crippen molar-refractivity contribution in [3.8, 4) is 11.5 Å². The van der Waals surface area contributed by atoms with Gasteiger partial charge in [0.25, 0.3) is 0 Å². The molecule has 3 N–H and O–H groups in total. The predicted octanol–water partition coefficient (Wildman–Crippen LogP) is 3.84. The van der Waals surface area contributed by atoms with E-state index in [1.807, 2.05) is 31.3 Å². The van der Waals surface area contributed by atoms with Crippen LogP contribution in [0.15, 0.2) is 60.7 Å². The summed E-state index contributed by atoms with van der Waals surface area (Å²) in [5, 5.41) is 35.9. The number of aromatic hydroxyl groups is 1. The molecule has 3 aromatic carbocycles. The maximum atomic E-state index is 13.7. The second-order valence-electron chi connectivity index (χ2n) is 13.3. The van der Waals surface area contributed by atoms with E-state index in [-0.39, 0.29) is 23.7 Å². The Labute approximate surface area is 253 Å². The van der Waals surface area contributed by atoms with Crippen LogP contribution >= 0.6 is 0 Å². The minimum absolute atomic E-state index is 0.0104. The number of β-amino-alcohol motifs (C(OH)–C–C–N with tert-alkyl or cyclic N) is 1. The number of hydrogen-bond acceptors (Lipinski definition) is 6. The van der Waals surface area contributed by atoms with E-state index in [2.05, 4.69) is 49.1 Å². The molecular weight excluding hydrogens is 540 g/mol. The van der Waals surface area contributed by atoms with Crippen LogP contribution in [0.25, 0.3) is 0 Å². The van der Waals surface area contributed by atoms with Gasteiger partial charge in [-0.3, -0.25) is 9.69 Å². The first-order chi connectivity index (χ1) is 20.6. The molecule has 2 bridgehead atoms. The highest BCUT2D eigenvalue weighted by Gasteiger charge is 2.76. The quantitative estimate of drug-likeness (QED) is 0.392. The van der Waals surface area contributed by atoms with Crippen molar-refractivity contribution in [1.29, 1.82) is 0 Å². The number of carbonyl (C=O) groups is 1. The number of aryl methyl sites for hydroxylation is 3. The third-order valence-electron chi connectivity index (χ3n) is 11.2. The Bertz CT molecular complexity index is 1560. The van der Waals surface area contributed by atoms with E-state index in [9.17, 15) is 20.1 Å². The SMILES string of the molecule is Cc1ccc(CCC(=O)N(C)C2CC[C@@]3(O)[C@H]4Cc5ccc(O)c6c5[C@@]3(C(O)CN4CCc3ccccc3)C2O6)cc1C. The number of rotatable bonds is 7. The number of phenols is 1. The van der Waals surface area contributed by atoms with Crippen LogP contribution in [0, 0.1) is 13.8 Å². The highest BCUT2D eigenvalue weighted by atomic mass is 16.5. The average molecular weight is 583 g/mol. The number of carbonyl (C=O) groups excluding carboxylic acids is 1. The van der Waals surface area contributed by atoms with Crippen LogP contribution in [-0.2, 0) is 29.5 Å². The highest BCUT2D eigenvalue weighted by Crippen LogP contribution is 2.65. The summed E-state index contributed by atoms with van der Waals surface area (Å²) in [6.07, 6.45) is 1.83. The predicted molar refractivity (Wildman–Crippen MR) is 164 cm³/mol. The Morgan fingerprint density at radius 3 is 2.60 bits per heavy atom. The normalized spacial score (nSPS) is 30.4. The van der Waals surface area contributed by atoms with Gasteiger partial charge in [0.05, 0.1) is 23.2 Å². The Kier molecular flexibility index (Phi) is 6.84. The minimum atomic E-state index is -1.27. The van der Waals surface area contributed by atoms with Gasteiger partial charge >= 0.3 is 0 Å². The second-order valence-corrected chi connectivity index (χ2v) is 13.3. The summed E-state index contributed by atoms with van der Waals surface area (Å²) in [7, 11) is 1.82. The summed E-state index contributed by atoms with van der Waals surface area (Å²) < 4.78 is 6.60. The molecule has 4 aliphatic rings. The third-order valence-corrected chi connectivity index (χ3v) is 11.2. The highest BCUT2D eigenvalue weighted by molar-refractivity contribution is 5.77. The van der Waals surface area contributed by atoms with E-state index in [0.717, 1.165) is 29.7 Å². The molecule has 0 radical (unpaired) electrons. The molecule has 7 rings (SSSR count). The molecule has 1 spiro atoms. The molecule has 226 valence electrons. The number of benzene rings is 3. The number of aliphatic hydroxyl groups is 2. The summed E-state index contributed by atoms with van der Waals surface area (Å²) in [5.74, 6) is 0.389. The number of likely N-dealkylation sites (N-methyl/N-ethyl adjacent to an activating group) is 1. The van der Waals surface area contributed by atoms with E-state index in [1.54, 1.807) is 11.0 Å². The number of aliphatic hydroxyl groups excluding tert-OH is 1. The zero-order chi connectivity index (χ0) is 30.1. The van der Waals surface area contributed by atoms with Crippen molar-refractivity contribution in [2.75, 3.05) is 20.1 Å². The summed E-state index contributed by atoms with van der Waals surface area (Å²) in [5.41, 5.74) is 4.15. The average Bonchev–Trinajstić information content (AvgIpc) is 3.38. The Hall–Kier alpha value is -3.39. The van der Waals surface area contributed by atoms with Crippen LogP contribution in [0.1, 0.15) is 52.6 Å². The molecule has 2 aliphatic carbocycles. The molecule has 2 aliphatic heterocycles. The standard InChI is InChI=1S/C36H42N2O5/c1-22-9-10-25(19-23(22)2)11-14-31(41)37(3)27-15-17-35(42)29-20-26-12-13-28(39)33-32(26)36(35,34(27)43-33)30(40)21-38(29)18-16-24-7-5-4-6-8-24/h4-10,12-13,19,27,29-30,34,39-40,42H,11,14-18,20-21H2,1-3H3/t27?,29-,30?,34?,35-,36+/m1/s1. The van der Waals surface area contributed by atoms with Crippen LogP contribution in [0.5, 0.6) is 11.5 Å². The smallest absolute Gasteiger partial charge is 0.223 e. The molecule has 0 aromatic heterocycles. The fourth-order valence-electron chi connectivity index (χ4n) is 8.81. The van der Waals surface area contributed by atoms with Crippen LogP contribution < -0.4 is 4.74 Å². The number of nitrogens with zero attached hydrogens (tertiary/aromatic N) is 2. The lowest BCUT2D eigenvalue weighted by atomic mass is 9.47. The number of phenolic OH excluding ortho intramolecular Hbond substituents is 1. The molecule has 1 saturated carbocycles. The first-order valence-electron chi connectivity index (χ1n) is 15.7. The van der Waals surface area contributed by atoms with Crippen LogP contribution in [0.3, 0.4) is 0 Å². The van der Waals surface area contributed by atoms with Crippen molar-refractivity contribution >= 4 is 5.91 Å².